The highest BCUT2D eigenvalue weighted by Gasteiger charge is 2.43. The second kappa shape index (κ2) is 8.09. The number of hydrogen-bond donors (Lipinski definition) is 1. The van der Waals surface area contributed by atoms with Gasteiger partial charge in [-0.2, -0.15) is 5.10 Å². The first-order valence-electron chi connectivity index (χ1n) is 10.9. The highest BCUT2D eigenvalue weighted by atomic mass is 19.2. The molecule has 0 bridgehead atoms. The third-order valence-electron chi connectivity index (χ3n) is 6.79. The molecular weight excluding hydrogens is 414 g/mol. The molecule has 5 rings (SSSR count). The van der Waals surface area contributed by atoms with Crippen LogP contribution < -0.4 is 5.56 Å². The lowest BCUT2D eigenvalue weighted by atomic mass is 9.79. The van der Waals surface area contributed by atoms with Crippen LogP contribution in [-0.4, -0.2) is 52.1 Å². The maximum absolute atomic E-state index is 14.2. The maximum atomic E-state index is 14.2. The zero-order valence-electron chi connectivity index (χ0n) is 17.6. The predicted molar refractivity (Wildman–Crippen MR) is 116 cm³/mol. The molecule has 1 spiro atoms. The Hall–Kier alpha value is -3.13. The van der Waals surface area contributed by atoms with Crippen LogP contribution in [0.25, 0.3) is 10.8 Å². The number of halogens is 2. The minimum absolute atomic E-state index is 0.0737. The zero-order valence-corrected chi connectivity index (χ0v) is 17.6. The number of nitrogens with one attached hydrogen (secondary N) is 1. The van der Waals surface area contributed by atoms with Crippen molar-refractivity contribution in [2.75, 3.05) is 26.2 Å². The lowest BCUT2D eigenvalue weighted by Gasteiger charge is -2.40. The molecule has 1 aromatic heterocycles. The minimum atomic E-state index is -0.826. The molecule has 0 saturated carbocycles. The van der Waals surface area contributed by atoms with Crippen molar-refractivity contribution in [1.82, 2.24) is 20.0 Å². The van der Waals surface area contributed by atoms with Gasteiger partial charge < -0.3 is 4.90 Å². The van der Waals surface area contributed by atoms with Gasteiger partial charge in [0.1, 0.15) is 0 Å². The van der Waals surface area contributed by atoms with Crippen LogP contribution in [0.4, 0.5) is 8.78 Å². The van der Waals surface area contributed by atoms with Crippen LogP contribution in [-0.2, 0) is 6.54 Å². The van der Waals surface area contributed by atoms with Crippen molar-refractivity contribution < 1.29 is 13.6 Å². The number of aromatic nitrogens is 2. The Bertz CT molecular complexity index is 1240. The summed E-state index contributed by atoms with van der Waals surface area (Å²) in [5.74, 6) is -1.80. The van der Waals surface area contributed by atoms with E-state index in [1.807, 2.05) is 0 Å². The first-order valence-corrected chi connectivity index (χ1v) is 10.9. The molecular formula is C24H24F2N4O2. The third kappa shape index (κ3) is 3.68. The molecule has 0 unspecified atom stereocenters. The van der Waals surface area contributed by atoms with Crippen molar-refractivity contribution in [3.8, 4) is 0 Å². The van der Waals surface area contributed by atoms with Crippen LogP contribution in [0.2, 0.25) is 0 Å². The summed E-state index contributed by atoms with van der Waals surface area (Å²) < 4.78 is 27.7. The van der Waals surface area contributed by atoms with E-state index < -0.39 is 11.6 Å². The van der Waals surface area contributed by atoms with Gasteiger partial charge in [0.2, 0.25) is 0 Å². The standard InChI is InChI=1S/C24H24F2N4O2/c25-19-8-3-5-16(20(19)26)13-29-11-4-9-24(14-29)10-12-30(15-24)23(32)21-17-6-1-2-7-18(17)22(31)28-27-21/h1-3,5-8H,4,9-15H2,(H,28,31)/t24-/m1/s1. The number of benzene rings is 2. The van der Waals surface area contributed by atoms with Gasteiger partial charge in [0.05, 0.1) is 5.39 Å². The molecule has 2 fully saturated rings. The number of aromatic amines is 1. The number of amides is 1. The Morgan fingerprint density at radius 3 is 2.69 bits per heavy atom. The highest BCUT2D eigenvalue weighted by molar-refractivity contribution is 6.04. The molecule has 2 aliphatic rings. The van der Waals surface area contributed by atoms with Gasteiger partial charge in [-0.25, -0.2) is 13.9 Å². The molecule has 0 radical (unpaired) electrons. The van der Waals surface area contributed by atoms with E-state index in [0.29, 0.717) is 36.0 Å². The summed E-state index contributed by atoms with van der Waals surface area (Å²) in [7, 11) is 0. The number of piperidine rings is 1. The van der Waals surface area contributed by atoms with E-state index in [0.717, 1.165) is 38.4 Å². The summed E-state index contributed by atoms with van der Waals surface area (Å²) in [5.41, 5.74) is 0.224. The van der Waals surface area contributed by atoms with Crippen LogP contribution in [0.15, 0.2) is 47.3 Å². The van der Waals surface area contributed by atoms with Gasteiger partial charge in [-0.3, -0.25) is 14.5 Å². The summed E-state index contributed by atoms with van der Waals surface area (Å²) >= 11 is 0. The Morgan fingerprint density at radius 2 is 1.84 bits per heavy atom. The molecule has 6 nitrogen and oxygen atoms in total. The fourth-order valence-electron chi connectivity index (χ4n) is 5.23. The second-order valence-electron chi connectivity index (χ2n) is 8.95. The van der Waals surface area contributed by atoms with E-state index in [4.69, 9.17) is 0 Å². The molecule has 166 valence electrons. The second-order valence-corrected chi connectivity index (χ2v) is 8.95. The van der Waals surface area contributed by atoms with Crippen LogP contribution >= 0.6 is 0 Å². The van der Waals surface area contributed by atoms with Crippen LogP contribution in [0.1, 0.15) is 35.3 Å². The van der Waals surface area contributed by atoms with Gasteiger partial charge in [-0.15, -0.1) is 0 Å². The van der Waals surface area contributed by atoms with E-state index in [2.05, 4.69) is 15.1 Å². The molecule has 1 atom stereocenters. The number of carbonyl (C=O) groups excluding carboxylic acids is 1. The molecule has 1 N–H and O–H groups in total. The summed E-state index contributed by atoms with van der Waals surface area (Å²) in [4.78, 5) is 29.3. The fourth-order valence-corrected chi connectivity index (χ4v) is 5.23. The summed E-state index contributed by atoms with van der Waals surface area (Å²) in [5, 5.41) is 7.49. The molecule has 2 aliphatic heterocycles. The first kappa shape index (κ1) is 20.8. The number of H-pyrrole nitrogens is 1. The van der Waals surface area contributed by atoms with Gasteiger partial charge in [-0.1, -0.05) is 30.3 Å². The van der Waals surface area contributed by atoms with E-state index >= 15 is 0 Å². The Kier molecular flexibility index (Phi) is 5.25. The van der Waals surface area contributed by atoms with Crippen molar-refractivity contribution >= 4 is 16.7 Å². The average Bonchev–Trinajstić information content (AvgIpc) is 3.20. The number of hydrogen-bond acceptors (Lipinski definition) is 4. The first-order chi connectivity index (χ1) is 15.5. The highest BCUT2D eigenvalue weighted by Crippen LogP contribution is 2.40. The van der Waals surface area contributed by atoms with Crippen molar-refractivity contribution in [3.63, 3.8) is 0 Å². The van der Waals surface area contributed by atoms with Crippen molar-refractivity contribution in [2.24, 2.45) is 5.41 Å². The van der Waals surface area contributed by atoms with Crippen molar-refractivity contribution in [2.45, 2.75) is 25.8 Å². The van der Waals surface area contributed by atoms with E-state index in [-0.39, 0.29) is 22.6 Å². The van der Waals surface area contributed by atoms with Gasteiger partial charge in [0, 0.05) is 42.5 Å². The number of nitrogens with zero attached hydrogens (tertiary/aromatic N) is 3. The molecule has 3 aromatic rings. The fraction of sp³-hybridized carbons (Fsp3) is 0.375. The van der Waals surface area contributed by atoms with E-state index in [1.165, 1.54) is 6.07 Å². The summed E-state index contributed by atoms with van der Waals surface area (Å²) in [6, 6.07) is 11.3. The zero-order chi connectivity index (χ0) is 22.3. The minimum Gasteiger partial charge on any atom is -0.337 e. The summed E-state index contributed by atoms with van der Waals surface area (Å²) in [6.45, 7) is 3.09. The molecule has 1 amide bonds. The van der Waals surface area contributed by atoms with Gasteiger partial charge in [0.15, 0.2) is 17.3 Å². The molecule has 2 aromatic carbocycles. The summed E-state index contributed by atoms with van der Waals surface area (Å²) in [6.07, 6.45) is 2.78. The number of carbonyl (C=O) groups is 1. The number of likely N-dealkylation sites (tertiary alicyclic amines) is 2. The molecule has 8 heteroatoms. The maximum Gasteiger partial charge on any atom is 0.274 e. The topological polar surface area (TPSA) is 69.3 Å². The SMILES string of the molecule is O=C(c1n[nH]c(=O)c2ccccc12)N1CC[C@@]2(CCCN(Cc3cccc(F)c3F)C2)C1. The molecule has 2 saturated heterocycles. The van der Waals surface area contributed by atoms with Gasteiger partial charge >= 0.3 is 0 Å². The normalized spacial score (nSPS) is 21.5. The Balaban J connectivity index is 1.33. The molecule has 32 heavy (non-hydrogen) atoms. The Labute approximate surface area is 183 Å². The predicted octanol–water partition coefficient (Wildman–Crippen LogP) is 3.33. The third-order valence-corrected chi connectivity index (χ3v) is 6.79. The average molecular weight is 438 g/mol. The monoisotopic (exact) mass is 438 g/mol. The van der Waals surface area contributed by atoms with Crippen LogP contribution in [0, 0.1) is 17.0 Å². The Morgan fingerprint density at radius 1 is 1.03 bits per heavy atom. The lowest BCUT2D eigenvalue weighted by molar-refractivity contribution is 0.0669. The van der Waals surface area contributed by atoms with E-state index in [1.54, 1.807) is 35.2 Å². The molecule has 0 aliphatic carbocycles. The number of fused-ring (bicyclic) bond motifs is 1. The van der Waals surface area contributed by atoms with Gasteiger partial charge in [0.25, 0.3) is 11.5 Å². The quantitative estimate of drug-likeness (QED) is 0.681. The van der Waals surface area contributed by atoms with Crippen molar-refractivity contribution in [3.05, 3.63) is 75.7 Å². The van der Waals surface area contributed by atoms with Crippen molar-refractivity contribution in [1.29, 1.82) is 0 Å². The van der Waals surface area contributed by atoms with Gasteiger partial charge in [-0.05, 0) is 37.9 Å². The molecule has 3 heterocycles. The number of rotatable bonds is 3. The van der Waals surface area contributed by atoms with Crippen LogP contribution in [0.3, 0.4) is 0 Å². The lowest BCUT2D eigenvalue weighted by Crippen LogP contribution is -2.45. The largest absolute Gasteiger partial charge is 0.337 e. The van der Waals surface area contributed by atoms with Crippen LogP contribution in [0.5, 0.6) is 0 Å². The van der Waals surface area contributed by atoms with E-state index in [9.17, 15) is 18.4 Å². The smallest absolute Gasteiger partial charge is 0.274 e.